The van der Waals surface area contributed by atoms with Gasteiger partial charge in [0.25, 0.3) is 11.8 Å². The molecule has 1 aromatic heterocycles. The van der Waals surface area contributed by atoms with Crippen LogP contribution in [0.25, 0.3) is 0 Å². The second-order valence-corrected chi connectivity index (χ2v) is 7.65. The number of aromatic nitrogens is 2. The Kier molecular flexibility index (Phi) is 4.75. The maximum atomic E-state index is 12.7. The van der Waals surface area contributed by atoms with Crippen LogP contribution in [0.5, 0.6) is 5.75 Å². The third kappa shape index (κ3) is 3.44. The number of ether oxygens (including phenoxy) is 1. The molecule has 4 rings (SSSR count). The zero-order valence-electron chi connectivity index (χ0n) is 16.1. The maximum absolute atomic E-state index is 12.7. The van der Waals surface area contributed by atoms with Crippen molar-refractivity contribution in [1.29, 1.82) is 0 Å². The third-order valence-corrected chi connectivity index (χ3v) is 5.76. The van der Waals surface area contributed by atoms with Crippen LogP contribution < -0.4 is 10.1 Å². The van der Waals surface area contributed by atoms with E-state index in [-0.39, 0.29) is 17.9 Å². The van der Waals surface area contributed by atoms with Gasteiger partial charge in [0.1, 0.15) is 17.0 Å². The number of aryl methyl sites for hydroxylation is 1. The molecule has 0 unspecified atom stereocenters. The Morgan fingerprint density at radius 3 is 2.68 bits per heavy atom. The van der Waals surface area contributed by atoms with Gasteiger partial charge in [-0.2, -0.15) is 0 Å². The SMILES string of the molecule is Cc1cnc(C(=O)N(C)C2CCC3(CC2)CNC(=O)c2ccccc2O3)cn1. The van der Waals surface area contributed by atoms with Crippen molar-refractivity contribution in [3.8, 4) is 5.75 Å². The van der Waals surface area contributed by atoms with Crippen molar-refractivity contribution < 1.29 is 14.3 Å². The van der Waals surface area contributed by atoms with Crippen molar-refractivity contribution in [1.82, 2.24) is 20.2 Å². The summed E-state index contributed by atoms with van der Waals surface area (Å²) in [6.07, 6.45) is 6.28. The van der Waals surface area contributed by atoms with E-state index in [1.165, 1.54) is 6.20 Å². The summed E-state index contributed by atoms with van der Waals surface area (Å²) in [6.45, 7) is 2.32. The van der Waals surface area contributed by atoms with E-state index in [1.807, 2.05) is 32.2 Å². The number of nitrogens with zero attached hydrogens (tertiary/aromatic N) is 3. The van der Waals surface area contributed by atoms with Crippen molar-refractivity contribution in [2.45, 2.75) is 44.2 Å². The van der Waals surface area contributed by atoms with E-state index in [0.29, 0.717) is 23.6 Å². The Bertz CT molecular complexity index is 889. The van der Waals surface area contributed by atoms with Crippen molar-refractivity contribution in [2.24, 2.45) is 0 Å². The van der Waals surface area contributed by atoms with E-state index >= 15 is 0 Å². The average Bonchev–Trinajstić information content (AvgIpc) is 2.85. The zero-order chi connectivity index (χ0) is 19.7. The summed E-state index contributed by atoms with van der Waals surface area (Å²) in [5.41, 5.74) is 1.30. The quantitative estimate of drug-likeness (QED) is 0.865. The highest BCUT2D eigenvalue weighted by Crippen LogP contribution is 2.37. The summed E-state index contributed by atoms with van der Waals surface area (Å²) in [5, 5.41) is 3.00. The highest BCUT2D eigenvalue weighted by molar-refractivity contribution is 5.97. The minimum Gasteiger partial charge on any atom is -0.485 e. The largest absolute Gasteiger partial charge is 0.485 e. The van der Waals surface area contributed by atoms with E-state index in [2.05, 4.69) is 15.3 Å². The van der Waals surface area contributed by atoms with Gasteiger partial charge in [0, 0.05) is 19.3 Å². The summed E-state index contributed by atoms with van der Waals surface area (Å²) in [7, 11) is 1.82. The minimum absolute atomic E-state index is 0.0974. The zero-order valence-corrected chi connectivity index (χ0v) is 16.1. The topological polar surface area (TPSA) is 84.4 Å². The first-order valence-corrected chi connectivity index (χ1v) is 9.59. The maximum Gasteiger partial charge on any atom is 0.274 e. The second kappa shape index (κ2) is 7.22. The monoisotopic (exact) mass is 380 g/mol. The number of benzene rings is 1. The molecule has 0 atom stereocenters. The van der Waals surface area contributed by atoms with Crippen LogP contribution in [0.2, 0.25) is 0 Å². The van der Waals surface area contributed by atoms with Gasteiger partial charge in [0.15, 0.2) is 0 Å². The van der Waals surface area contributed by atoms with Crippen molar-refractivity contribution in [3.63, 3.8) is 0 Å². The molecule has 7 heteroatoms. The lowest BCUT2D eigenvalue weighted by Gasteiger charge is -2.41. The van der Waals surface area contributed by atoms with Crippen LogP contribution >= 0.6 is 0 Å². The molecule has 1 aliphatic carbocycles. The number of amides is 2. The first-order valence-electron chi connectivity index (χ1n) is 9.59. The van der Waals surface area contributed by atoms with Crippen LogP contribution in [0.4, 0.5) is 0 Å². The highest BCUT2D eigenvalue weighted by atomic mass is 16.5. The van der Waals surface area contributed by atoms with Crippen LogP contribution in [-0.4, -0.2) is 51.9 Å². The lowest BCUT2D eigenvalue weighted by atomic mass is 9.81. The van der Waals surface area contributed by atoms with Crippen molar-refractivity contribution in [2.75, 3.05) is 13.6 Å². The molecule has 146 valence electrons. The minimum atomic E-state index is -0.424. The van der Waals surface area contributed by atoms with Gasteiger partial charge in [-0.1, -0.05) is 12.1 Å². The fourth-order valence-corrected chi connectivity index (χ4v) is 3.99. The molecule has 1 aromatic carbocycles. The van der Waals surface area contributed by atoms with Crippen LogP contribution in [0.3, 0.4) is 0 Å². The third-order valence-electron chi connectivity index (χ3n) is 5.76. The Balaban J connectivity index is 1.45. The van der Waals surface area contributed by atoms with Gasteiger partial charge in [-0.3, -0.25) is 14.6 Å². The predicted molar refractivity (Wildman–Crippen MR) is 103 cm³/mol. The molecule has 7 nitrogen and oxygen atoms in total. The Labute approximate surface area is 164 Å². The molecule has 0 bridgehead atoms. The van der Waals surface area contributed by atoms with Crippen LogP contribution in [-0.2, 0) is 0 Å². The first kappa shape index (κ1) is 18.4. The normalized spacial score (nSPS) is 23.9. The molecule has 2 aromatic rings. The standard InChI is InChI=1S/C21H24N4O3/c1-14-11-23-17(12-22-14)20(27)25(2)15-7-9-21(10-8-15)13-24-19(26)16-5-3-4-6-18(16)28-21/h3-6,11-12,15H,7-10,13H2,1-2H3,(H,24,26). The van der Waals surface area contributed by atoms with Crippen LogP contribution in [0.1, 0.15) is 52.2 Å². The molecule has 0 saturated heterocycles. The van der Waals surface area contributed by atoms with Gasteiger partial charge in [-0.15, -0.1) is 0 Å². The van der Waals surface area contributed by atoms with Crippen LogP contribution in [0, 0.1) is 6.92 Å². The molecule has 1 spiro atoms. The molecule has 28 heavy (non-hydrogen) atoms. The molecular weight excluding hydrogens is 356 g/mol. The number of fused-ring (bicyclic) bond motifs is 1. The molecular formula is C21H24N4O3. The molecule has 2 heterocycles. The van der Waals surface area contributed by atoms with Crippen molar-refractivity contribution >= 4 is 11.8 Å². The highest BCUT2D eigenvalue weighted by Gasteiger charge is 2.41. The van der Waals surface area contributed by atoms with E-state index in [1.54, 1.807) is 17.2 Å². The molecule has 0 radical (unpaired) electrons. The molecule has 2 amide bonds. The lowest BCUT2D eigenvalue weighted by Crippen LogP contribution is -2.51. The molecule has 1 N–H and O–H groups in total. The number of hydrogen-bond acceptors (Lipinski definition) is 5. The number of carbonyl (C=O) groups is 2. The Hall–Kier alpha value is -2.96. The number of rotatable bonds is 2. The van der Waals surface area contributed by atoms with Gasteiger partial charge in [0.05, 0.1) is 24.0 Å². The summed E-state index contributed by atoms with van der Waals surface area (Å²) in [5.74, 6) is 0.420. The fraction of sp³-hybridized carbons (Fsp3) is 0.429. The van der Waals surface area contributed by atoms with Gasteiger partial charge in [-0.05, 0) is 44.7 Å². The summed E-state index contributed by atoms with van der Waals surface area (Å²) in [4.78, 5) is 35.2. The van der Waals surface area contributed by atoms with Gasteiger partial charge < -0.3 is 15.0 Å². The molecule has 2 aliphatic rings. The predicted octanol–water partition coefficient (Wildman–Crippen LogP) is 2.36. The van der Waals surface area contributed by atoms with E-state index in [4.69, 9.17) is 4.74 Å². The Morgan fingerprint density at radius 2 is 1.96 bits per heavy atom. The average molecular weight is 380 g/mol. The second-order valence-electron chi connectivity index (χ2n) is 7.65. The summed E-state index contributed by atoms with van der Waals surface area (Å²) < 4.78 is 6.33. The lowest BCUT2D eigenvalue weighted by molar-refractivity contribution is 0.0102. The smallest absolute Gasteiger partial charge is 0.274 e. The van der Waals surface area contributed by atoms with Gasteiger partial charge in [-0.25, -0.2) is 4.98 Å². The Morgan fingerprint density at radius 1 is 1.21 bits per heavy atom. The molecule has 1 aliphatic heterocycles. The fourth-order valence-electron chi connectivity index (χ4n) is 3.99. The number of hydrogen-bond donors (Lipinski definition) is 1. The van der Waals surface area contributed by atoms with E-state index in [9.17, 15) is 9.59 Å². The number of para-hydroxylation sites is 1. The van der Waals surface area contributed by atoms with E-state index < -0.39 is 5.60 Å². The number of nitrogens with one attached hydrogen (secondary N) is 1. The molecule has 1 saturated carbocycles. The number of carbonyl (C=O) groups excluding carboxylic acids is 2. The van der Waals surface area contributed by atoms with Gasteiger partial charge in [0.2, 0.25) is 0 Å². The van der Waals surface area contributed by atoms with Crippen LogP contribution in [0.15, 0.2) is 36.7 Å². The van der Waals surface area contributed by atoms with Gasteiger partial charge >= 0.3 is 0 Å². The van der Waals surface area contributed by atoms with E-state index in [0.717, 1.165) is 31.4 Å². The summed E-state index contributed by atoms with van der Waals surface area (Å²) >= 11 is 0. The first-order chi connectivity index (χ1) is 13.5. The molecule has 1 fully saturated rings. The van der Waals surface area contributed by atoms with Crippen molar-refractivity contribution in [3.05, 3.63) is 53.6 Å². The summed E-state index contributed by atoms with van der Waals surface area (Å²) in [6, 6.07) is 7.46.